The van der Waals surface area contributed by atoms with Gasteiger partial charge < -0.3 is 20.7 Å². The minimum Gasteiger partial charge on any atom is -0.387 e. The van der Waals surface area contributed by atoms with E-state index in [1.807, 2.05) is 6.07 Å². The first-order valence-corrected chi connectivity index (χ1v) is 11.7. The fourth-order valence-electron chi connectivity index (χ4n) is 3.96. The number of anilines is 1. The van der Waals surface area contributed by atoms with E-state index in [1.165, 1.54) is 24.1 Å². The van der Waals surface area contributed by atoms with Gasteiger partial charge in [0.15, 0.2) is 17.7 Å². The molecule has 6 atom stereocenters. The number of fused-ring (bicyclic) bond motifs is 1. The predicted molar refractivity (Wildman–Crippen MR) is 112 cm³/mol. The van der Waals surface area contributed by atoms with Crippen LogP contribution in [0.4, 0.5) is 5.82 Å². The fraction of sp³-hybridized carbons (Fsp3) is 0.474. The number of hydrogen-bond acceptors (Lipinski definition) is 12. The van der Waals surface area contributed by atoms with Crippen LogP contribution in [0.3, 0.4) is 0 Å². The number of aliphatic hydroxyl groups is 2. The number of nitrogen functional groups attached to an aromatic ring is 1. The first-order chi connectivity index (χ1) is 15.8. The lowest BCUT2D eigenvalue weighted by Crippen LogP contribution is -2.44. The molecule has 2 fully saturated rings. The molecule has 2 saturated heterocycles. The summed E-state index contributed by atoms with van der Waals surface area (Å²) < 4.78 is 36.7. The second-order valence-electron chi connectivity index (χ2n) is 8.03. The number of ether oxygens (including phenoxy) is 1. The van der Waals surface area contributed by atoms with Crippen molar-refractivity contribution in [3.8, 4) is 0 Å². The molecule has 0 spiro atoms. The molecule has 5 heterocycles. The van der Waals surface area contributed by atoms with Crippen molar-refractivity contribution in [2.24, 2.45) is 0 Å². The molecule has 0 saturated carbocycles. The number of aromatic nitrogens is 5. The van der Waals surface area contributed by atoms with E-state index in [0.29, 0.717) is 17.6 Å². The summed E-state index contributed by atoms with van der Waals surface area (Å²) in [4.78, 5) is 16.2. The van der Waals surface area contributed by atoms with Crippen molar-refractivity contribution >= 4 is 24.8 Å². The average Bonchev–Trinajstić information content (AvgIpc) is 3.33. The molecule has 0 aliphatic carbocycles. The smallest absolute Gasteiger partial charge is 0.387 e. The highest BCUT2D eigenvalue weighted by Crippen LogP contribution is 2.57. The summed E-state index contributed by atoms with van der Waals surface area (Å²) in [5.74, 6) is 0.171. The summed E-state index contributed by atoms with van der Waals surface area (Å²) in [5.41, 5.74) is 5.49. The first-order valence-electron chi connectivity index (χ1n) is 10.2. The quantitative estimate of drug-likeness (QED) is 0.446. The van der Waals surface area contributed by atoms with Crippen LogP contribution in [0.5, 0.6) is 0 Å². The van der Waals surface area contributed by atoms with Crippen LogP contribution in [0.1, 0.15) is 31.2 Å². The zero-order chi connectivity index (χ0) is 23.2. The molecule has 3 aromatic rings. The van der Waals surface area contributed by atoms with E-state index in [4.69, 9.17) is 24.0 Å². The molecule has 3 aromatic heterocycles. The van der Waals surface area contributed by atoms with Gasteiger partial charge in [0.25, 0.3) is 0 Å². The molecule has 2 unspecified atom stereocenters. The van der Waals surface area contributed by atoms with E-state index >= 15 is 0 Å². The lowest BCUT2D eigenvalue weighted by molar-refractivity contribution is -0.0953. The van der Waals surface area contributed by atoms with Gasteiger partial charge in [-0.05, 0) is 18.6 Å². The van der Waals surface area contributed by atoms with E-state index in [-0.39, 0.29) is 19.0 Å². The van der Waals surface area contributed by atoms with Gasteiger partial charge in [-0.25, -0.2) is 19.5 Å². The van der Waals surface area contributed by atoms with E-state index < -0.39 is 38.0 Å². The monoisotopic (exact) mass is 478 g/mol. The summed E-state index contributed by atoms with van der Waals surface area (Å²) in [5, 5.41) is 21.7. The molecule has 0 radical (unpaired) electrons. The molecule has 5 rings (SSSR count). The summed E-state index contributed by atoms with van der Waals surface area (Å²) in [6.07, 6.45) is 2.38. The lowest BCUT2D eigenvalue weighted by Gasteiger charge is -2.29. The van der Waals surface area contributed by atoms with Crippen molar-refractivity contribution in [3.63, 3.8) is 0 Å². The topological polar surface area (TPSA) is 177 Å². The standard InChI is InChI=1S/C19H23N6O7P/c1-19(27)15(26)13(31-18(19)25-10-24-14-16(20)22-9-23-17(14)25)8-30-33(28)29-6-4-12(32-33)11-3-2-5-21-7-11/h2-3,5,7,9-10,12-13,15,18,26-27H,4,6,8H2,1H3,(H2,20,22,23)/t12?,13-,15-,18-,19-,33?/m1/s1. The highest BCUT2D eigenvalue weighted by atomic mass is 31.2. The van der Waals surface area contributed by atoms with Gasteiger partial charge in [0, 0.05) is 18.8 Å². The number of nitrogens with zero attached hydrogens (tertiary/aromatic N) is 5. The molecule has 2 aliphatic rings. The summed E-state index contributed by atoms with van der Waals surface area (Å²) in [6, 6.07) is 3.56. The minimum atomic E-state index is -3.94. The van der Waals surface area contributed by atoms with Crippen LogP contribution >= 0.6 is 7.82 Å². The Balaban J connectivity index is 1.31. The normalized spacial score (nSPS) is 34.6. The van der Waals surface area contributed by atoms with Gasteiger partial charge in [0.1, 0.15) is 29.7 Å². The lowest BCUT2D eigenvalue weighted by atomic mass is 9.96. The molecule has 14 heteroatoms. The van der Waals surface area contributed by atoms with E-state index in [2.05, 4.69) is 19.9 Å². The molecule has 0 amide bonds. The Morgan fingerprint density at radius 3 is 3.03 bits per heavy atom. The van der Waals surface area contributed by atoms with Crippen LogP contribution in [-0.4, -0.2) is 65.7 Å². The van der Waals surface area contributed by atoms with Crippen LogP contribution in [0.15, 0.2) is 37.2 Å². The fourth-order valence-corrected chi connectivity index (χ4v) is 5.35. The van der Waals surface area contributed by atoms with Crippen molar-refractivity contribution in [1.29, 1.82) is 0 Å². The second kappa shape index (κ2) is 8.37. The molecule has 0 aromatic carbocycles. The Kier molecular flexibility index (Phi) is 5.65. The van der Waals surface area contributed by atoms with E-state index in [0.717, 1.165) is 5.56 Å². The Hall–Kier alpha value is -2.51. The highest BCUT2D eigenvalue weighted by Gasteiger charge is 2.54. The molecule has 176 valence electrons. The Morgan fingerprint density at radius 2 is 2.24 bits per heavy atom. The molecular formula is C19H23N6O7P. The Labute approximate surface area is 188 Å². The third-order valence-electron chi connectivity index (χ3n) is 5.73. The van der Waals surface area contributed by atoms with Gasteiger partial charge in [0.2, 0.25) is 0 Å². The largest absolute Gasteiger partial charge is 0.475 e. The van der Waals surface area contributed by atoms with Crippen LogP contribution < -0.4 is 5.73 Å². The minimum absolute atomic E-state index is 0.160. The maximum absolute atomic E-state index is 13.0. The van der Waals surface area contributed by atoms with E-state index in [1.54, 1.807) is 18.5 Å². The van der Waals surface area contributed by atoms with Crippen molar-refractivity contribution in [3.05, 3.63) is 42.7 Å². The molecular weight excluding hydrogens is 455 g/mol. The van der Waals surface area contributed by atoms with Crippen LogP contribution in [0, 0.1) is 0 Å². The van der Waals surface area contributed by atoms with Gasteiger partial charge in [0.05, 0.1) is 25.6 Å². The van der Waals surface area contributed by atoms with Crippen LogP contribution in [-0.2, 0) is 22.9 Å². The summed E-state index contributed by atoms with van der Waals surface area (Å²) in [7, 11) is -3.94. The Bertz CT molecular complexity index is 1190. The molecule has 4 N–H and O–H groups in total. The number of hydrogen-bond donors (Lipinski definition) is 3. The highest BCUT2D eigenvalue weighted by molar-refractivity contribution is 7.48. The predicted octanol–water partition coefficient (Wildman–Crippen LogP) is 1.12. The molecule has 33 heavy (non-hydrogen) atoms. The third kappa shape index (κ3) is 4.02. The van der Waals surface area contributed by atoms with Gasteiger partial charge in [-0.1, -0.05) is 6.07 Å². The zero-order valence-corrected chi connectivity index (χ0v) is 18.5. The van der Waals surface area contributed by atoms with Gasteiger partial charge in [-0.3, -0.25) is 23.1 Å². The SMILES string of the molecule is C[C@@]1(O)[C@H](O)[C@@H](COP2(=O)OCCC(c3cccnc3)O2)O[C@H]1n1cnc2c(N)ncnc21. The van der Waals surface area contributed by atoms with Crippen molar-refractivity contribution in [2.45, 2.75) is 43.5 Å². The van der Waals surface area contributed by atoms with Gasteiger partial charge in [-0.2, -0.15) is 0 Å². The number of pyridine rings is 1. The number of nitrogens with two attached hydrogens (primary N) is 1. The molecule has 13 nitrogen and oxygen atoms in total. The maximum atomic E-state index is 13.0. The third-order valence-corrected chi connectivity index (χ3v) is 7.21. The van der Waals surface area contributed by atoms with E-state index in [9.17, 15) is 14.8 Å². The van der Waals surface area contributed by atoms with Gasteiger partial charge in [-0.15, -0.1) is 0 Å². The molecule has 2 aliphatic heterocycles. The molecule has 0 bridgehead atoms. The Morgan fingerprint density at radius 1 is 1.39 bits per heavy atom. The number of phosphoric acid groups is 1. The number of aliphatic hydroxyl groups excluding tert-OH is 1. The van der Waals surface area contributed by atoms with Crippen LogP contribution in [0.25, 0.3) is 11.2 Å². The first kappa shape index (κ1) is 22.3. The van der Waals surface area contributed by atoms with Gasteiger partial charge >= 0.3 is 7.82 Å². The zero-order valence-electron chi connectivity index (χ0n) is 17.6. The number of imidazole rings is 1. The maximum Gasteiger partial charge on any atom is 0.475 e. The average molecular weight is 478 g/mol. The van der Waals surface area contributed by atoms with Crippen LogP contribution in [0.2, 0.25) is 0 Å². The van der Waals surface area contributed by atoms with Crippen molar-refractivity contribution in [1.82, 2.24) is 24.5 Å². The number of phosphoric ester groups is 1. The summed E-state index contributed by atoms with van der Waals surface area (Å²) in [6.45, 7) is 1.22. The summed E-state index contributed by atoms with van der Waals surface area (Å²) >= 11 is 0. The van der Waals surface area contributed by atoms with Crippen molar-refractivity contribution in [2.75, 3.05) is 18.9 Å². The number of rotatable bonds is 5. The van der Waals surface area contributed by atoms with Crippen molar-refractivity contribution < 1.29 is 33.1 Å². The second-order valence-corrected chi connectivity index (χ2v) is 9.65.